The van der Waals surface area contributed by atoms with Crippen molar-refractivity contribution in [2.24, 2.45) is 0 Å². The molecule has 0 atom stereocenters. The number of hydrogen-bond acceptors (Lipinski definition) is 3. The fraction of sp³-hybridized carbons (Fsp3) is 0.0625. The van der Waals surface area contributed by atoms with E-state index in [1.165, 1.54) is 0 Å². The van der Waals surface area contributed by atoms with E-state index >= 15 is 0 Å². The minimum atomic E-state index is 0.522. The van der Waals surface area contributed by atoms with E-state index in [0.717, 1.165) is 22.2 Å². The third kappa shape index (κ3) is 2.65. The average molecular weight is 250 g/mol. The first-order chi connectivity index (χ1) is 9.31. The molecule has 19 heavy (non-hydrogen) atoms. The molecule has 3 heteroatoms. The summed E-state index contributed by atoms with van der Waals surface area (Å²) in [7, 11) is 0. The van der Waals surface area contributed by atoms with Crippen molar-refractivity contribution in [3.8, 4) is 5.88 Å². The molecule has 3 rings (SSSR count). The van der Waals surface area contributed by atoms with Crippen molar-refractivity contribution < 1.29 is 4.74 Å². The van der Waals surface area contributed by atoms with E-state index in [1.54, 1.807) is 0 Å². The minimum Gasteiger partial charge on any atom is -0.473 e. The van der Waals surface area contributed by atoms with Gasteiger partial charge < -0.3 is 10.5 Å². The lowest BCUT2D eigenvalue weighted by atomic mass is 10.2. The van der Waals surface area contributed by atoms with E-state index in [2.05, 4.69) is 4.98 Å². The van der Waals surface area contributed by atoms with Gasteiger partial charge in [0, 0.05) is 17.1 Å². The van der Waals surface area contributed by atoms with Crippen LogP contribution in [0.25, 0.3) is 10.9 Å². The number of ether oxygens (including phenoxy) is 1. The maximum absolute atomic E-state index is 5.74. The highest BCUT2D eigenvalue weighted by atomic mass is 16.5. The Morgan fingerprint density at radius 2 is 1.79 bits per heavy atom. The van der Waals surface area contributed by atoms with E-state index in [0.29, 0.717) is 12.5 Å². The van der Waals surface area contributed by atoms with Gasteiger partial charge >= 0.3 is 0 Å². The van der Waals surface area contributed by atoms with Crippen LogP contribution in [0.5, 0.6) is 5.88 Å². The molecule has 94 valence electrons. The average Bonchev–Trinajstić information content (AvgIpc) is 2.46. The molecular weight excluding hydrogens is 236 g/mol. The normalized spacial score (nSPS) is 10.5. The Morgan fingerprint density at radius 3 is 2.63 bits per heavy atom. The molecule has 1 aromatic heterocycles. The molecule has 2 aromatic carbocycles. The van der Waals surface area contributed by atoms with Crippen molar-refractivity contribution in [2.45, 2.75) is 6.61 Å². The van der Waals surface area contributed by atoms with Gasteiger partial charge in [-0.25, -0.2) is 4.98 Å². The molecule has 0 saturated carbocycles. The van der Waals surface area contributed by atoms with Gasteiger partial charge in [0.25, 0.3) is 0 Å². The van der Waals surface area contributed by atoms with Crippen LogP contribution < -0.4 is 10.5 Å². The summed E-state index contributed by atoms with van der Waals surface area (Å²) in [6.07, 6.45) is 0. The molecule has 0 radical (unpaired) electrons. The summed E-state index contributed by atoms with van der Waals surface area (Å²) in [5.41, 5.74) is 8.50. The number of pyridine rings is 1. The van der Waals surface area contributed by atoms with Crippen LogP contribution in [-0.2, 0) is 6.61 Å². The molecule has 0 amide bonds. The van der Waals surface area contributed by atoms with Crippen LogP contribution in [0.2, 0.25) is 0 Å². The van der Waals surface area contributed by atoms with Gasteiger partial charge in [0.05, 0.1) is 5.52 Å². The zero-order valence-electron chi connectivity index (χ0n) is 10.4. The fourth-order valence-electron chi connectivity index (χ4n) is 1.94. The molecule has 0 aliphatic rings. The van der Waals surface area contributed by atoms with Gasteiger partial charge in [-0.15, -0.1) is 0 Å². The quantitative estimate of drug-likeness (QED) is 0.725. The lowest BCUT2D eigenvalue weighted by Gasteiger charge is -2.06. The number of benzene rings is 2. The first kappa shape index (κ1) is 11.5. The summed E-state index contributed by atoms with van der Waals surface area (Å²) in [6, 6.07) is 19.5. The topological polar surface area (TPSA) is 48.1 Å². The molecular formula is C16H14N2O. The highest BCUT2D eigenvalue weighted by Gasteiger charge is 2.00. The second-order valence-electron chi connectivity index (χ2n) is 4.38. The number of nitrogens with zero attached hydrogens (tertiary/aromatic N) is 1. The molecule has 0 spiro atoms. The lowest BCUT2D eigenvalue weighted by molar-refractivity contribution is 0.295. The summed E-state index contributed by atoms with van der Waals surface area (Å²) >= 11 is 0. The second kappa shape index (κ2) is 4.98. The van der Waals surface area contributed by atoms with Gasteiger partial charge in [-0.3, -0.25) is 0 Å². The molecule has 3 nitrogen and oxygen atoms in total. The van der Waals surface area contributed by atoms with E-state index < -0.39 is 0 Å². The van der Waals surface area contributed by atoms with E-state index in [1.807, 2.05) is 60.7 Å². The van der Waals surface area contributed by atoms with Crippen molar-refractivity contribution in [1.29, 1.82) is 0 Å². The largest absolute Gasteiger partial charge is 0.473 e. The lowest BCUT2D eigenvalue weighted by Crippen LogP contribution is -1.97. The maximum atomic E-state index is 5.74. The van der Waals surface area contributed by atoms with Crippen LogP contribution in [0.1, 0.15) is 5.56 Å². The van der Waals surface area contributed by atoms with Crippen LogP contribution in [-0.4, -0.2) is 4.98 Å². The highest BCUT2D eigenvalue weighted by molar-refractivity contribution is 5.82. The Hall–Kier alpha value is -2.55. The Bertz CT molecular complexity index is 695. The van der Waals surface area contributed by atoms with Gasteiger partial charge in [-0.2, -0.15) is 0 Å². The third-order valence-corrected chi connectivity index (χ3v) is 2.92. The zero-order chi connectivity index (χ0) is 13.1. The van der Waals surface area contributed by atoms with E-state index in [9.17, 15) is 0 Å². The minimum absolute atomic E-state index is 0.522. The van der Waals surface area contributed by atoms with Gasteiger partial charge in [0.15, 0.2) is 0 Å². The van der Waals surface area contributed by atoms with Gasteiger partial charge in [0.2, 0.25) is 5.88 Å². The number of aromatic nitrogens is 1. The van der Waals surface area contributed by atoms with Crippen molar-refractivity contribution >= 4 is 16.6 Å². The fourth-order valence-corrected chi connectivity index (χ4v) is 1.94. The smallest absolute Gasteiger partial charge is 0.214 e. The maximum Gasteiger partial charge on any atom is 0.214 e. The van der Waals surface area contributed by atoms with Crippen LogP contribution in [0.15, 0.2) is 60.7 Å². The van der Waals surface area contributed by atoms with E-state index in [4.69, 9.17) is 10.5 Å². The Kier molecular flexibility index (Phi) is 3.02. The summed E-state index contributed by atoms with van der Waals surface area (Å²) in [4.78, 5) is 4.45. The highest BCUT2D eigenvalue weighted by Crippen LogP contribution is 2.19. The number of hydrogen-bond donors (Lipinski definition) is 1. The number of fused-ring (bicyclic) bond motifs is 1. The summed E-state index contributed by atoms with van der Waals surface area (Å²) in [5.74, 6) is 0.626. The molecule has 3 aromatic rings. The number of anilines is 1. The van der Waals surface area contributed by atoms with Gasteiger partial charge in [0.1, 0.15) is 6.61 Å². The number of nitrogen functional groups attached to an aromatic ring is 1. The van der Waals surface area contributed by atoms with Crippen molar-refractivity contribution in [3.05, 3.63) is 66.2 Å². The van der Waals surface area contributed by atoms with Crippen molar-refractivity contribution in [1.82, 2.24) is 4.98 Å². The second-order valence-corrected chi connectivity index (χ2v) is 4.38. The molecule has 0 fully saturated rings. The summed E-state index contributed by atoms with van der Waals surface area (Å²) in [6.45, 7) is 0.522. The Morgan fingerprint density at radius 1 is 0.947 bits per heavy atom. The first-order valence-electron chi connectivity index (χ1n) is 6.14. The zero-order valence-corrected chi connectivity index (χ0v) is 10.4. The van der Waals surface area contributed by atoms with Crippen LogP contribution in [0.3, 0.4) is 0 Å². The number of rotatable bonds is 3. The summed E-state index contributed by atoms with van der Waals surface area (Å²) < 4.78 is 5.69. The van der Waals surface area contributed by atoms with Gasteiger partial charge in [-0.05, 0) is 29.8 Å². The van der Waals surface area contributed by atoms with Crippen LogP contribution in [0, 0.1) is 0 Å². The number of nitrogens with two attached hydrogens (primary N) is 1. The molecule has 2 N–H and O–H groups in total. The molecule has 1 heterocycles. The molecule has 0 saturated heterocycles. The first-order valence-corrected chi connectivity index (χ1v) is 6.14. The van der Waals surface area contributed by atoms with Crippen molar-refractivity contribution in [3.63, 3.8) is 0 Å². The Balaban J connectivity index is 1.80. The SMILES string of the molecule is Nc1ccc2nc(OCc3ccccc3)ccc2c1. The van der Waals surface area contributed by atoms with Crippen LogP contribution in [0.4, 0.5) is 5.69 Å². The molecule has 0 unspecified atom stereocenters. The van der Waals surface area contributed by atoms with E-state index in [-0.39, 0.29) is 0 Å². The summed E-state index contributed by atoms with van der Waals surface area (Å²) in [5, 5.41) is 1.02. The van der Waals surface area contributed by atoms with Gasteiger partial charge in [-0.1, -0.05) is 30.3 Å². The predicted molar refractivity (Wildman–Crippen MR) is 76.9 cm³/mol. The van der Waals surface area contributed by atoms with Crippen molar-refractivity contribution in [2.75, 3.05) is 5.73 Å². The molecule has 0 aliphatic carbocycles. The standard InChI is InChI=1S/C16H14N2O/c17-14-7-8-15-13(10-14)6-9-16(18-15)19-11-12-4-2-1-3-5-12/h1-10H,11,17H2. The van der Waals surface area contributed by atoms with Crippen LogP contribution >= 0.6 is 0 Å². The molecule has 0 aliphatic heterocycles. The monoisotopic (exact) mass is 250 g/mol. The molecule has 0 bridgehead atoms. The third-order valence-electron chi connectivity index (χ3n) is 2.92. The predicted octanol–water partition coefficient (Wildman–Crippen LogP) is 3.40. The Labute approximate surface area is 111 Å².